The van der Waals surface area contributed by atoms with Crippen LogP contribution < -0.4 is 10.6 Å². The lowest BCUT2D eigenvalue weighted by Gasteiger charge is -2.07. The van der Waals surface area contributed by atoms with Gasteiger partial charge in [-0.05, 0) is 34.7 Å². The first kappa shape index (κ1) is 17.0. The van der Waals surface area contributed by atoms with E-state index in [0.29, 0.717) is 11.6 Å². The Morgan fingerprint density at radius 1 is 0.963 bits per heavy atom. The third kappa shape index (κ3) is 4.21. The lowest BCUT2D eigenvalue weighted by molar-refractivity contribution is 0.251. The molecule has 3 N–H and O–H groups in total. The van der Waals surface area contributed by atoms with Gasteiger partial charge in [-0.25, -0.2) is 9.78 Å². The second-order valence-corrected chi connectivity index (χ2v) is 6.78. The summed E-state index contributed by atoms with van der Waals surface area (Å²) in [5, 5.41) is 14.6. The highest BCUT2D eigenvalue weighted by Crippen LogP contribution is 2.21. The molecule has 134 valence electrons. The van der Waals surface area contributed by atoms with E-state index in [4.69, 9.17) is 0 Å². The van der Waals surface area contributed by atoms with Crippen molar-refractivity contribution in [2.45, 2.75) is 6.54 Å². The Hall–Kier alpha value is -3.45. The molecule has 2 heterocycles. The van der Waals surface area contributed by atoms with Gasteiger partial charge in [0, 0.05) is 5.69 Å². The van der Waals surface area contributed by atoms with Gasteiger partial charge in [-0.2, -0.15) is 5.10 Å². The summed E-state index contributed by atoms with van der Waals surface area (Å²) in [5.41, 5.74) is 2.97. The highest BCUT2D eigenvalue weighted by Gasteiger charge is 2.08. The Kier molecular flexibility index (Phi) is 4.93. The lowest BCUT2D eigenvalue weighted by Crippen LogP contribution is -2.28. The van der Waals surface area contributed by atoms with Gasteiger partial charge in [0.2, 0.25) is 0 Å². The number of hydrogen-bond donors (Lipinski definition) is 3. The van der Waals surface area contributed by atoms with Crippen molar-refractivity contribution in [2.24, 2.45) is 0 Å². The van der Waals surface area contributed by atoms with E-state index < -0.39 is 0 Å². The van der Waals surface area contributed by atoms with Gasteiger partial charge < -0.3 is 10.6 Å². The van der Waals surface area contributed by atoms with Gasteiger partial charge in [-0.1, -0.05) is 48.5 Å². The maximum Gasteiger partial charge on any atom is 0.319 e. The number of urea groups is 1. The summed E-state index contributed by atoms with van der Waals surface area (Å²) in [7, 11) is 0. The number of carbonyl (C=O) groups is 1. The van der Waals surface area contributed by atoms with E-state index in [9.17, 15) is 4.79 Å². The Morgan fingerprint density at radius 3 is 2.48 bits per heavy atom. The molecule has 7 heteroatoms. The molecule has 2 aromatic heterocycles. The van der Waals surface area contributed by atoms with Crippen molar-refractivity contribution in [3.8, 4) is 21.8 Å². The number of anilines is 1. The van der Waals surface area contributed by atoms with Crippen molar-refractivity contribution in [2.75, 3.05) is 5.32 Å². The first-order valence-electron chi connectivity index (χ1n) is 8.43. The van der Waals surface area contributed by atoms with Crippen molar-refractivity contribution >= 4 is 23.1 Å². The van der Waals surface area contributed by atoms with E-state index in [1.807, 2.05) is 60.0 Å². The highest BCUT2D eigenvalue weighted by atomic mass is 32.1. The SMILES string of the molecule is O=C(NCc1nc(-c2cccs2)n[nH]1)Nc1ccc(-c2ccccc2)cc1. The molecule has 2 amide bonds. The molecule has 27 heavy (non-hydrogen) atoms. The molecule has 0 saturated heterocycles. The number of nitrogens with zero attached hydrogens (tertiary/aromatic N) is 2. The fourth-order valence-corrected chi connectivity index (χ4v) is 3.26. The summed E-state index contributed by atoms with van der Waals surface area (Å²) in [5.74, 6) is 1.24. The van der Waals surface area contributed by atoms with Crippen LogP contribution in [0.3, 0.4) is 0 Å². The van der Waals surface area contributed by atoms with E-state index in [2.05, 4.69) is 37.9 Å². The Labute approximate surface area is 160 Å². The van der Waals surface area contributed by atoms with Gasteiger partial charge in [0.1, 0.15) is 5.82 Å². The third-order valence-corrected chi connectivity index (χ3v) is 4.81. The summed E-state index contributed by atoms with van der Waals surface area (Å²) < 4.78 is 0. The molecule has 4 aromatic rings. The van der Waals surface area contributed by atoms with E-state index in [1.54, 1.807) is 11.3 Å². The third-order valence-electron chi connectivity index (χ3n) is 3.94. The number of hydrogen-bond acceptors (Lipinski definition) is 4. The molecule has 0 saturated carbocycles. The van der Waals surface area contributed by atoms with Gasteiger partial charge in [0.15, 0.2) is 5.82 Å². The zero-order chi connectivity index (χ0) is 18.5. The molecule has 4 rings (SSSR count). The van der Waals surface area contributed by atoms with Crippen LogP contribution in [0.1, 0.15) is 5.82 Å². The number of thiophene rings is 1. The summed E-state index contributed by atoms with van der Waals surface area (Å²) >= 11 is 1.57. The number of aromatic amines is 1. The number of carbonyl (C=O) groups excluding carboxylic acids is 1. The molecule has 0 aliphatic rings. The van der Waals surface area contributed by atoms with E-state index in [-0.39, 0.29) is 12.6 Å². The number of H-pyrrole nitrogens is 1. The molecular weight excluding hydrogens is 358 g/mol. The fourth-order valence-electron chi connectivity index (χ4n) is 2.61. The van der Waals surface area contributed by atoms with Crippen LogP contribution in [-0.2, 0) is 6.54 Å². The zero-order valence-corrected chi connectivity index (χ0v) is 15.2. The monoisotopic (exact) mass is 375 g/mol. The highest BCUT2D eigenvalue weighted by molar-refractivity contribution is 7.13. The molecule has 2 aromatic carbocycles. The van der Waals surface area contributed by atoms with E-state index in [0.717, 1.165) is 21.7 Å². The average molecular weight is 375 g/mol. The quantitative estimate of drug-likeness (QED) is 0.479. The van der Waals surface area contributed by atoms with Crippen LogP contribution in [0, 0.1) is 0 Å². The van der Waals surface area contributed by atoms with Gasteiger partial charge >= 0.3 is 6.03 Å². The van der Waals surface area contributed by atoms with E-state index in [1.165, 1.54) is 0 Å². The minimum Gasteiger partial charge on any atom is -0.331 e. The number of nitrogens with one attached hydrogen (secondary N) is 3. The molecule has 0 radical (unpaired) electrons. The Balaban J connectivity index is 1.32. The molecule has 0 fully saturated rings. The predicted molar refractivity (Wildman–Crippen MR) is 107 cm³/mol. The van der Waals surface area contributed by atoms with Crippen molar-refractivity contribution in [1.29, 1.82) is 0 Å². The van der Waals surface area contributed by atoms with Crippen LogP contribution in [0.25, 0.3) is 21.8 Å². The summed E-state index contributed by atoms with van der Waals surface area (Å²) in [6.45, 7) is 0.270. The second-order valence-electron chi connectivity index (χ2n) is 5.83. The summed E-state index contributed by atoms with van der Waals surface area (Å²) in [6.07, 6.45) is 0. The van der Waals surface area contributed by atoms with Crippen LogP contribution in [0.15, 0.2) is 72.1 Å². The fraction of sp³-hybridized carbons (Fsp3) is 0.0500. The lowest BCUT2D eigenvalue weighted by atomic mass is 10.1. The zero-order valence-electron chi connectivity index (χ0n) is 14.3. The van der Waals surface area contributed by atoms with Crippen LogP contribution in [-0.4, -0.2) is 21.2 Å². The predicted octanol–water partition coefficient (Wildman–Crippen LogP) is 4.52. The maximum atomic E-state index is 12.1. The summed E-state index contributed by atoms with van der Waals surface area (Å²) in [6, 6.07) is 21.4. The number of benzene rings is 2. The topological polar surface area (TPSA) is 82.7 Å². The Bertz CT molecular complexity index is 1010. The van der Waals surface area contributed by atoms with Crippen LogP contribution in [0.5, 0.6) is 0 Å². The number of rotatable bonds is 5. The number of aromatic nitrogens is 3. The average Bonchev–Trinajstić information content (AvgIpc) is 3.39. The minimum atomic E-state index is -0.295. The van der Waals surface area contributed by atoms with Crippen LogP contribution in [0.2, 0.25) is 0 Å². The van der Waals surface area contributed by atoms with Gasteiger partial charge in [0.25, 0.3) is 0 Å². The Morgan fingerprint density at radius 2 is 1.74 bits per heavy atom. The van der Waals surface area contributed by atoms with Crippen molar-refractivity contribution < 1.29 is 4.79 Å². The summed E-state index contributed by atoms with van der Waals surface area (Å²) in [4.78, 5) is 17.5. The maximum absolute atomic E-state index is 12.1. The first-order valence-corrected chi connectivity index (χ1v) is 9.31. The molecular formula is C20H17N5OS. The molecule has 0 spiro atoms. The normalized spacial score (nSPS) is 10.5. The van der Waals surface area contributed by atoms with Crippen molar-refractivity contribution in [3.05, 3.63) is 77.9 Å². The largest absolute Gasteiger partial charge is 0.331 e. The molecule has 0 bridgehead atoms. The van der Waals surface area contributed by atoms with Gasteiger partial charge in [-0.3, -0.25) is 5.10 Å². The van der Waals surface area contributed by atoms with Crippen LogP contribution >= 0.6 is 11.3 Å². The van der Waals surface area contributed by atoms with Gasteiger partial charge in [0.05, 0.1) is 11.4 Å². The minimum absolute atomic E-state index is 0.270. The van der Waals surface area contributed by atoms with Crippen molar-refractivity contribution in [1.82, 2.24) is 20.5 Å². The standard InChI is InChI=1S/C20H17N5OS/c26-20(21-13-18-23-19(25-24-18)17-7-4-12-27-17)22-16-10-8-15(9-11-16)14-5-2-1-3-6-14/h1-12H,13H2,(H2,21,22,26)(H,23,24,25). The van der Waals surface area contributed by atoms with Crippen LogP contribution in [0.4, 0.5) is 10.5 Å². The second kappa shape index (κ2) is 7.84. The number of amides is 2. The molecule has 0 aliphatic carbocycles. The van der Waals surface area contributed by atoms with E-state index >= 15 is 0 Å². The molecule has 6 nitrogen and oxygen atoms in total. The van der Waals surface area contributed by atoms with Gasteiger partial charge in [-0.15, -0.1) is 11.3 Å². The first-order chi connectivity index (χ1) is 13.3. The molecule has 0 atom stereocenters. The smallest absolute Gasteiger partial charge is 0.319 e. The van der Waals surface area contributed by atoms with Crippen molar-refractivity contribution in [3.63, 3.8) is 0 Å². The molecule has 0 aliphatic heterocycles. The molecule has 0 unspecified atom stereocenters.